The summed E-state index contributed by atoms with van der Waals surface area (Å²) in [5, 5.41) is 4.27. The van der Waals surface area contributed by atoms with E-state index in [1.54, 1.807) is 11.9 Å². The maximum Gasteiger partial charge on any atom is 0.187 e. The summed E-state index contributed by atoms with van der Waals surface area (Å²) in [4.78, 5) is 0. The molecule has 0 saturated heterocycles. The van der Waals surface area contributed by atoms with Crippen LogP contribution in [-0.2, 0) is 5.75 Å². The van der Waals surface area contributed by atoms with Gasteiger partial charge in [-0.15, -0.1) is 0 Å². The molecule has 130 valence electrons. The molecule has 1 N–H and O–H groups in total. The van der Waals surface area contributed by atoms with Crippen molar-refractivity contribution >= 4 is 29.2 Å². The lowest BCUT2D eigenvalue weighted by atomic mass is 10.2. The Labute approximate surface area is 158 Å². The lowest BCUT2D eigenvalue weighted by molar-refractivity contribution is 0.193. The normalized spacial score (nSPS) is 20.7. The first-order chi connectivity index (χ1) is 12.2. The van der Waals surface area contributed by atoms with E-state index >= 15 is 0 Å². The number of para-hydroxylation sites is 2. The molecule has 1 heterocycles. The maximum absolute atomic E-state index is 6.31. The zero-order valence-corrected chi connectivity index (χ0v) is 15.7. The van der Waals surface area contributed by atoms with Crippen molar-refractivity contribution in [2.75, 3.05) is 17.4 Å². The Balaban J connectivity index is 1.50. The summed E-state index contributed by atoms with van der Waals surface area (Å²) >= 11 is 7.91. The number of benzene rings is 2. The number of rotatable bonds is 6. The van der Waals surface area contributed by atoms with Crippen LogP contribution in [0.15, 0.2) is 60.3 Å². The van der Waals surface area contributed by atoms with Gasteiger partial charge in [-0.05, 0) is 54.3 Å². The highest BCUT2D eigenvalue weighted by atomic mass is 35.5. The molecule has 0 saturated carbocycles. The van der Waals surface area contributed by atoms with Gasteiger partial charge in [-0.2, -0.15) is 0 Å². The average molecular weight is 373 g/mol. The van der Waals surface area contributed by atoms with Gasteiger partial charge in [0.1, 0.15) is 5.75 Å². The lowest BCUT2D eigenvalue weighted by Crippen LogP contribution is -2.42. The highest BCUT2D eigenvalue weighted by Gasteiger charge is 2.51. The summed E-state index contributed by atoms with van der Waals surface area (Å²) in [6.07, 6.45) is 3.31. The highest BCUT2D eigenvalue weighted by Crippen LogP contribution is 2.48. The van der Waals surface area contributed by atoms with E-state index in [0.29, 0.717) is 0 Å². The summed E-state index contributed by atoms with van der Waals surface area (Å²) in [6.45, 7) is 3.97. The van der Waals surface area contributed by atoms with E-state index in [0.717, 1.165) is 41.7 Å². The summed E-state index contributed by atoms with van der Waals surface area (Å²) in [5.74, 6) is 1.82. The molecule has 0 aromatic heterocycles. The predicted molar refractivity (Wildman–Crippen MR) is 106 cm³/mol. The minimum Gasteiger partial charge on any atom is -0.473 e. The zero-order chi connectivity index (χ0) is 17.3. The van der Waals surface area contributed by atoms with E-state index < -0.39 is 0 Å². The van der Waals surface area contributed by atoms with Gasteiger partial charge in [0.15, 0.2) is 5.60 Å². The first-order valence-corrected chi connectivity index (χ1v) is 9.92. The van der Waals surface area contributed by atoms with E-state index in [-0.39, 0.29) is 5.60 Å². The van der Waals surface area contributed by atoms with E-state index in [9.17, 15) is 0 Å². The zero-order valence-electron chi connectivity index (χ0n) is 14.2. The average Bonchev–Trinajstić information content (AvgIpc) is 3.29. The predicted octanol–water partition coefficient (Wildman–Crippen LogP) is 5.02. The number of fused-ring (bicyclic) bond motifs is 1. The molecular weight excluding hydrogens is 352 g/mol. The Morgan fingerprint density at radius 1 is 1.24 bits per heavy atom. The third-order valence-corrected chi connectivity index (χ3v) is 5.73. The summed E-state index contributed by atoms with van der Waals surface area (Å²) in [7, 11) is 0. The fourth-order valence-electron chi connectivity index (χ4n) is 3.04. The minimum atomic E-state index is -0.287. The SMILES string of the molecule is CCCNC1=CC12CN(SCc1cccc(Cl)c1)c1ccccc1O2. The van der Waals surface area contributed by atoms with Crippen molar-refractivity contribution in [1.82, 2.24) is 5.32 Å². The molecular formula is C20H21ClN2OS. The van der Waals surface area contributed by atoms with Gasteiger partial charge in [0.2, 0.25) is 0 Å². The van der Waals surface area contributed by atoms with Crippen LogP contribution in [0.1, 0.15) is 18.9 Å². The number of halogens is 1. The fourth-order valence-corrected chi connectivity index (χ4v) is 4.31. The highest BCUT2D eigenvalue weighted by molar-refractivity contribution is 7.99. The Hall–Kier alpha value is -1.78. The van der Waals surface area contributed by atoms with Crippen molar-refractivity contribution in [2.24, 2.45) is 0 Å². The number of nitrogens with one attached hydrogen (secondary N) is 1. The molecule has 5 heteroatoms. The summed E-state index contributed by atoms with van der Waals surface area (Å²) in [6, 6.07) is 16.3. The third-order valence-electron chi connectivity index (χ3n) is 4.40. The van der Waals surface area contributed by atoms with Crippen LogP contribution in [0, 0.1) is 0 Å². The van der Waals surface area contributed by atoms with Crippen LogP contribution in [-0.4, -0.2) is 18.7 Å². The largest absolute Gasteiger partial charge is 0.473 e. The summed E-state index contributed by atoms with van der Waals surface area (Å²) in [5.41, 5.74) is 3.28. The quantitative estimate of drug-likeness (QED) is 0.719. The van der Waals surface area contributed by atoms with Crippen molar-refractivity contribution in [3.63, 3.8) is 0 Å². The fraction of sp³-hybridized carbons (Fsp3) is 0.300. The second kappa shape index (κ2) is 6.85. The third kappa shape index (κ3) is 3.46. The van der Waals surface area contributed by atoms with Crippen LogP contribution in [0.2, 0.25) is 5.02 Å². The summed E-state index contributed by atoms with van der Waals surface area (Å²) < 4.78 is 8.65. The van der Waals surface area contributed by atoms with Crippen LogP contribution >= 0.6 is 23.5 Å². The van der Waals surface area contributed by atoms with Gasteiger partial charge in [0, 0.05) is 17.3 Å². The minimum absolute atomic E-state index is 0.287. The van der Waals surface area contributed by atoms with Gasteiger partial charge in [-0.1, -0.05) is 42.8 Å². The molecule has 1 aliphatic carbocycles. The number of hydrogen-bond donors (Lipinski definition) is 1. The van der Waals surface area contributed by atoms with Gasteiger partial charge in [-0.3, -0.25) is 0 Å². The van der Waals surface area contributed by atoms with E-state index in [1.165, 1.54) is 11.3 Å². The monoisotopic (exact) mass is 372 g/mol. The van der Waals surface area contributed by atoms with E-state index in [4.69, 9.17) is 16.3 Å². The molecule has 3 nitrogen and oxygen atoms in total. The Morgan fingerprint density at radius 3 is 2.96 bits per heavy atom. The maximum atomic E-state index is 6.31. The Morgan fingerprint density at radius 2 is 2.12 bits per heavy atom. The van der Waals surface area contributed by atoms with Gasteiger partial charge < -0.3 is 14.4 Å². The Bertz CT molecular complexity index is 810. The topological polar surface area (TPSA) is 24.5 Å². The number of ether oxygens (including phenoxy) is 1. The molecule has 0 fully saturated rings. The molecule has 1 unspecified atom stereocenters. The molecule has 0 bridgehead atoms. The standard InChI is InChI=1S/C20H21ClN2OS/c1-2-10-22-19-12-20(19)14-23(17-8-3-4-9-18(17)24-20)25-13-15-6-5-7-16(21)11-15/h3-9,11-12,22H,2,10,13-14H2,1H3. The first-order valence-electron chi connectivity index (χ1n) is 8.60. The van der Waals surface area contributed by atoms with Crippen LogP contribution in [0.25, 0.3) is 0 Å². The first kappa shape index (κ1) is 16.7. The Kier molecular flexibility index (Phi) is 4.57. The number of anilines is 1. The van der Waals surface area contributed by atoms with E-state index in [1.807, 2.05) is 30.3 Å². The molecule has 1 aliphatic heterocycles. The molecule has 1 spiro atoms. The van der Waals surface area contributed by atoms with Crippen LogP contribution in [0.5, 0.6) is 5.75 Å². The number of hydrogen-bond acceptors (Lipinski definition) is 4. The van der Waals surface area contributed by atoms with Crippen LogP contribution in [0.3, 0.4) is 0 Å². The van der Waals surface area contributed by atoms with E-state index in [2.05, 4.69) is 40.8 Å². The van der Waals surface area contributed by atoms with Crippen LogP contribution in [0.4, 0.5) is 5.69 Å². The van der Waals surface area contributed by atoms with Crippen LogP contribution < -0.4 is 14.4 Å². The lowest BCUT2D eigenvalue weighted by Gasteiger charge is -2.36. The van der Waals surface area contributed by atoms with Crippen molar-refractivity contribution in [2.45, 2.75) is 24.7 Å². The van der Waals surface area contributed by atoms with Crippen molar-refractivity contribution < 1.29 is 4.74 Å². The molecule has 0 radical (unpaired) electrons. The molecule has 0 amide bonds. The molecule has 4 rings (SSSR count). The van der Waals surface area contributed by atoms with Crippen molar-refractivity contribution in [3.8, 4) is 5.75 Å². The van der Waals surface area contributed by atoms with Gasteiger partial charge in [-0.25, -0.2) is 0 Å². The molecule has 2 aromatic rings. The molecule has 1 atom stereocenters. The van der Waals surface area contributed by atoms with Gasteiger partial charge in [0.25, 0.3) is 0 Å². The van der Waals surface area contributed by atoms with Gasteiger partial charge in [0.05, 0.1) is 17.9 Å². The second-order valence-electron chi connectivity index (χ2n) is 6.38. The van der Waals surface area contributed by atoms with Crippen molar-refractivity contribution in [1.29, 1.82) is 0 Å². The second-order valence-corrected chi connectivity index (χ2v) is 7.81. The number of nitrogens with zero attached hydrogens (tertiary/aromatic N) is 1. The molecule has 25 heavy (non-hydrogen) atoms. The molecule has 2 aliphatic rings. The molecule has 2 aromatic carbocycles. The van der Waals surface area contributed by atoms with Gasteiger partial charge >= 0.3 is 0 Å². The smallest absolute Gasteiger partial charge is 0.187 e. The van der Waals surface area contributed by atoms with Crippen molar-refractivity contribution in [3.05, 3.63) is 70.9 Å².